The van der Waals surface area contributed by atoms with Crippen LogP contribution >= 0.6 is 0 Å². The van der Waals surface area contributed by atoms with Crippen LogP contribution in [0.3, 0.4) is 0 Å². The molecule has 0 aliphatic rings. The van der Waals surface area contributed by atoms with Crippen LogP contribution in [0.25, 0.3) is 0 Å². The van der Waals surface area contributed by atoms with Gasteiger partial charge in [0.1, 0.15) is 5.82 Å². The molecule has 1 amide bonds. The van der Waals surface area contributed by atoms with Crippen molar-refractivity contribution in [3.8, 4) is 0 Å². The molecule has 0 heterocycles. The van der Waals surface area contributed by atoms with E-state index in [-0.39, 0.29) is 19.2 Å². The number of halogens is 4. The fourth-order valence-electron chi connectivity index (χ4n) is 2.06. The maximum Gasteiger partial charge on any atom is 0.419 e. The number of hydrogen-bond donors (Lipinski definition) is 0. The van der Waals surface area contributed by atoms with E-state index in [9.17, 15) is 22.4 Å². The Balaban J connectivity index is 3.18. The van der Waals surface area contributed by atoms with Gasteiger partial charge in [0.25, 0.3) is 5.91 Å². The smallest absolute Gasteiger partial charge is 0.383 e. The molecule has 0 bridgehead atoms. The van der Waals surface area contributed by atoms with Crippen molar-refractivity contribution >= 4 is 5.91 Å². The van der Waals surface area contributed by atoms with Crippen LogP contribution in [0.2, 0.25) is 0 Å². The molecule has 0 N–H and O–H groups in total. The second kappa shape index (κ2) is 6.89. The van der Waals surface area contributed by atoms with Gasteiger partial charge in [0, 0.05) is 13.7 Å². The van der Waals surface area contributed by atoms with E-state index in [0.717, 1.165) is 12.1 Å². The normalized spacial score (nSPS) is 13.1. The van der Waals surface area contributed by atoms with Crippen molar-refractivity contribution < 1.29 is 27.1 Å². The lowest BCUT2D eigenvalue weighted by atomic mass is 10.1. The molecular weight excluding hydrogens is 290 g/mol. The predicted molar refractivity (Wildman–Crippen MR) is 69.5 cm³/mol. The summed E-state index contributed by atoms with van der Waals surface area (Å²) < 4.78 is 56.9. The first-order chi connectivity index (χ1) is 9.73. The lowest BCUT2D eigenvalue weighted by Gasteiger charge is -2.28. The number of carbonyl (C=O) groups is 1. The van der Waals surface area contributed by atoms with Crippen molar-refractivity contribution in [2.24, 2.45) is 0 Å². The van der Waals surface area contributed by atoms with Crippen molar-refractivity contribution in [2.45, 2.75) is 26.1 Å². The topological polar surface area (TPSA) is 29.5 Å². The number of alkyl halides is 3. The highest BCUT2D eigenvalue weighted by atomic mass is 19.4. The highest BCUT2D eigenvalue weighted by molar-refractivity contribution is 5.95. The van der Waals surface area contributed by atoms with Crippen LogP contribution in [-0.4, -0.2) is 37.1 Å². The summed E-state index contributed by atoms with van der Waals surface area (Å²) in [7, 11) is 1.44. The first-order valence-corrected chi connectivity index (χ1v) is 6.39. The summed E-state index contributed by atoms with van der Waals surface area (Å²) in [6, 6.07) is 2.31. The number of ether oxygens (including phenoxy) is 1. The van der Waals surface area contributed by atoms with Gasteiger partial charge in [-0.25, -0.2) is 4.39 Å². The molecule has 1 unspecified atom stereocenters. The minimum Gasteiger partial charge on any atom is -0.383 e. The molecule has 1 atom stereocenters. The van der Waals surface area contributed by atoms with E-state index in [4.69, 9.17) is 4.74 Å². The quantitative estimate of drug-likeness (QED) is 0.781. The Kier molecular flexibility index (Phi) is 5.71. The van der Waals surface area contributed by atoms with Gasteiger partial charge in [-0.05, 0) is 26.0 Å². The number of benzene rings is 1. The van der Waals surface area contributed by atoms with E-state index in [2.05, 4.69) is 0 Å². The highest BCUT2D eigenvalue weighted by Gasteiger charge is 2.36. The van der Waals surface area contributed by atoms with Gasteiger partial charge in [0.05, 0.1) is 23.8 Å². The second-order valence-corrected chi connectivity index (χ2v) is 4.56. The van der Waals surface area contributed by atoms with E-state index in [1.54, 1.807) is 13.8 Å². The Labute approximate surface area is 120 Å². The molecule has 0 spiro atoms. The highest BCUT2D eigenvalue weighted by Crippen LogP contribution is 2.32. The maximum atomic E-state index is 14.0. The Morgan fingerprint density at radius 2 is 2.00 bits per heavy atom. The summed E-state index contributed by atoms with van der Waals surface area (Å²) >= 11 is 0. The lowest BCUT2D eigenvalue weighted by Crippen LogP contribution is -2.41. The van der Waals surface area contributed by atoms with E-state index >= 15 is 0 Å². The lowest BCUT2D eigenvalue weighted by molar-refractivity contribution is -0.140. The molecule has 118 valence electrons. The average molecular weight is 307 g/mol. The van der Waals surface area contributed by atoms with Gasteiger partial charge >= 0.3 is 6.18 Å². The van der Waals surface area contributed by atoms with Crippen LogP contribution in [0.15, 0.2) is 18.2 Å². The van der Waals surface area contributed by atoms with Crippen LogP contribution in [-0.2, 0) is 10.9 Å². The van der Waals surface area contributed by atoms with Gasteiger partial charge in [-0.1, -0.05) is 6.07 Å². The summed E-state index contributed by atoms with van der Waals surface area (Å²) in [5, 5.41) is 0. The molecular formula is C14H17F4NO2. The SMILES string of the molecule is CCN(C(=O)c1cccc(C(F)(F)F)c1F)C(C)COC. The number of hydrogen-bond acceptors (Lipinski definition) is 2. The number of likely N-dealkylation sites (N-methyl/N-ethyl adjacent to an activating group) is 1. The summed E-state index contributed by atoms with van der Waals surface area (Å²) in [4.78, 5) is 13.5. The number of carbonyl (C=O) groups excluding carboxylic acids is 1. The summed E-state index contributed by atoms with van der Waals surface area (Å²) in [5.74, 6) is -2.33. The molecule has 0 saturated heterocycles. The minimum absolute atomic E-state index is 0.208. The van der Waals surface area contributed by atoms with Gasteiger partial charge in [0.15, 0.2) is 0 Å². The fraction of sp³-hybridized carbons (Fsp3) is 0.500. The molecule has 0 aliphatic heterocycles. The Hall–Kier alpha value is -1.63. The molecule has 0 fully saturated rings. The molecule has 0 saturated carbocycles. The third-order valence-electron chi connectivity index (χ3n) is 3.08. The van der Waals surface area contributed by atoms with Crippen molar-refractivity contribution in [1.82, 2.24) is 4.90 Å². The molecule has 7 heteroatoms. The number of amides is 1. The number of nitrogens with zero attached hydrogens (tertiary/aromatic N) is 1. The Morgan fingerprint density at radius 1 is 1.38 bits per heavy atom. The van der Waals surface area contributed by atoms with Gasteiger partial charge in [-0.2, -0.15) is 13.2 Å². The average Bonchev–Trinajstić information content (AvgIpc) is 2.38. The Morgan fingerprint density at radius 3 is 2.48 bits per heavy atom. The zero-order valence-electron chi connectivity index (χ0n) is 12.0. The van der Waals surface area contributed by atoms with Crippen LogP contribution in [0.4, 0.5) is 17.6 Å². The molecule has 0 aromatic heterocycles. The van der Waals surface area contributed by atoms with Gasteiger partial charge < -0.3 is 9.64 Å². The van der Waals surface area contributed by atoms with Gasteiger partial charge in [-0.3, -0.25) is 4.79 Å². The molecule has 0 radical (unpaired) electrons. The maximum absolute atomic E-state index is 14.0. The first-order valence-electron chi connectivity index (χ1n) is 6.39. The van der Waals surface area contributed by atoms with Crippen molar-refractivity contribution in [2.75, 3.05) is 20.3 Å². The van der Waals surface area contributed by atoms with E-state index in [1.165, 1.54) is 12.0 Å². The largest absolute Gasteiger partial charge is 0.419 e. The van der Waals surface area contributed by atoms with E-state index in [0.29, 0.717) is 6.07 Å². The first kappa shape index (κ1) is 17.4. The second-order valence-electron chi connectivity index (χ2n) is 4.56. The minimum atomic E-state index is -4.84. The van der Waals surface area contributed by atoms with E-state index < -0.39 is 29.0 Å². The number of methoxy groups -OCH3 is 1. The zero-order chi connectivity index (χ0) is 16.2. The number of rotatable bonds is 5. The molecule has 1 aromatic carbocycles. The molecule has 1 aromatic rings. The van der Waals surface area contributed by atoms with Crippen LogP contribution < -0.4 is 0 Å². The van der Waals surface area contributed by atoms with Crippen molar-refractivity contribution in [3.05, 3.63) is 35.1 Å². The van der Waals surface area contributed by atoms with Crippen LogP contribution in [0.5, 0.6) is 0 Å². The van der Waals surface area contributed by atoms with E-state index in [1.807, 2.05) is 0 Å². The standard InChI is InChI=1S/C14H17F4NO2/c1-4-19(9(2)8-21-3)13(20)10-6-5-7-11(12(10)15)14(16,17)18/h5-7,9H,4,8H2,1-3H3. The van der Waals surface area contributed by atoms with Crippen molar-refractivity contribution in [3.63, 3.8) is 0 Å². The van der Waals surface area contributed by atoms with Crippen LogP contribution in [0.1, 0.15) is 29.8 Å². The monoisotopic (exact) mass is 307 g/mol. The van der Waals surface area contributed by atoms with Gasteiger partial charge in [0.2, 0.25) is 0 Å². The Bertz CT molecular complexity index is 502. The fourth-order valence-corrected chi connectivity index (χ4v) is 2.06. The molecule has 3 nitrogen and oxygen atoms in total. The third kappa shape index (κ3) is 3.93. The summed E-state index contributed by atoms with van der Waals surface area (Å²) in [6.07, 6.45) is -4.84. The summed E-state index contributed by atoms with van der Waals surface area (Å²) in [6.45, 7) is 3.78. The zero-order valence-corrected chi connectivity index (χ0v) is 12.0. The predicted octanol–water partition coefficient (Wildman–Crippen LogP) is 3.34. The third-order valence-corrected chi connectivity index (χ3v) is 3.08. The van der Waals surface area contributed by atoms with Gasteiger partial charge in [-0.15, -0.1) is 0 Å². The summed E-state index contributed by atoms with van der Waals surface area (Å²) in [5.41, 5.74) is -2.03. The molecule has 1 rings (SSSR count). The molecule has 21 heavy (non-hydrogen) atoms. The van der Waals surface area contributed by atoms with Crippen LogP contribution in [0, 0.1) is 5.82 Å². The van der Waals surface area contributed by atoms with Crippen molar-refractivity contribution in [1.29, 1.82) is 0 Å². The molecule has 0 aliphatic carbocycles.